The molecule has 0 aromatic rings. The third-order valence-electron chi connectivity index (χ3n) is 9.82. The molecule has 0 saturated carbocycles. The van der Waals surface area contributed by atoms with E-state index in [1.165, 1.54) is 0 Å². The van der Waals surface area contributed by atoms with Crippen LogP contribution >= 0.6 is 0 Å². The van der Waals surface area contributed by atoms with Gasteiger partial charge in [-0.2, -0.15) is 0 Å². The molecular weight excluding hydrogens is 756 g/mol. The van der Waals surface area contributed by atoms with Crippen LogP contribution in [0.5, 0.6) is 0 Å². The number of carbonyl (C=O) groups excluding carboxylic acids is 2. The summed E-state index contributed by atoms with van der Waals surface area (Å²) in [5, 5.41) is 71.5. The molecule has 0 aliphatic carbocycles. The number of aliphatic hydroxyl groups is 7. The van der Waals surface area contributed by atoms with Crippen molar-refractivity contribution in [2.45, 2.75) is 184 Å². The smallest absolute Gasteiger partial charge is 0.306 e. The molecule has 2 saturated heterocycles. The molecule has 58 heavy (non-hydrogen) atoms. The number of unbranched alkanes of at least 4 members (excludes halogenated alkanes) is 8. The van der Waals surface area contributed by atoms with Crippen molar-refractivity contribution < 1.29 is 73.8 Å². The minimum atomic E-state index is -1.76. The molecule has 15 heteroatoms. The third kappa shape index (κ3) is 20.6. The zero-order valence-electron chi connectivity index (χ0n) is 34.5. The Labute approximate surface area is 344 Å². The van der Waals surface area contributed by atoms with E-state index < -0.39 is 99.3 Å². The summed E-state index contributed by atoms with van der Waals surface area (Å²) in [7, 11) is 0. The van der Waals surface area contributed by atoms with Crippen LogP contribution < -0.4 is 0 Å². The molecule has 0 radical (unpaired) electrons. The van der Waals surface area contributed by atoms with Crippen LogP contribution in [-0.2, 0) is 38.0 Å². The van der Waals surface area contributed by atoms with Gasteiger partial charge in [-0.3, -0.25) is 9.59 Å². The zero-order chi connectivity index (χ0) is 42.5. The van der Waals surface area contributed by atoms with E-state index in [2.05, 4.69) is 55.5 Å². The SMILES string of the molecule is CC/C=C\C/C=C\C/C=C\C/C=C\CCCCCCCCC(=O)OC(COC(=O)CCCCC)COC1OC(COC2OC(CO)C(O)C(O)C2O)C(O)C(O)C1O. The van der Waals surface area contributed by atoms with Crippen LogP contribution in [0.1, 0.15) is 117 Å². The lowest BCUT2D eigenvalue weighted by molar-refractivity contribution is -0.332. The Morgan fingerprint density at radius 1 is 0.569 bits per heavy atom. The topological polar surface area (TPSA) is 231 Å². The molecule has 0 spiro atoms. The number of aliphatic hydroxyl groups excluding tert-OH is 7. The van der Waals surface area contributed by atoms with E-state index in [1.54, 1.807) is 0 Å². The van der Waals surface area contributed by atoms with Gasteiger partial charge in [0.25, 0.3) is 0 Å². The van der Waals surface area contributed by atoms with E-state index in [0.717, 1.165) is 77.0 Å². The van der Waals surface area contributed by atoms with Gasteiger partial charge in [0.1, 0.15) is 55.4 Å². The quantitative estimate of drug-likeness (QED) is 0.0312. The molecule has 11 atom stereocenters. The second kappa shape index (κ2) is 31.4. The summed E-state index contributed by atoms with van der Waals surface area (Å²) in [5.41, 5.74) is 0. The standard InChI is InChI=1S/C43H72O15/c1-3-5-7-8-9-10-11-12-13-14-15-16-17-18-19-20-21-22-24-26-35(46)56-31(28-53-34(45)25-23-6-4-2)29-54-42-41(52)39(50)37(48)33(58-42)30-55-43-40(51)38(49)36(47)32(27-44)57-43/h5,7,9-10,12-13,15-16,31-33,36-44,47-52H,3-4,6,8,11,14,17-30H2,1-2H3/b7-5-,10-9-,13-12-,16-15-. The van der Waals surface area contributed by atoms with Crippen molar-refractivity contribution in [3.8, 4) is 0 Å². The first kappa shape index (κ1) is 51.6. The Bertz CT molecular complexity index is 1210. The van der Waals surface area contributed by atoms with Gasteiger partial charge in [-0.1, -0.05) is 101 Å². The lowest BCUT2D eigenvalue weighted by Gasteiger charge is -2.42. The summed E-state index contributed by atoms with van der Waals surface area (Å²) in [6.07, 6.45) is 14.1. The van der Waals surface area contributed by atoms with Crippen molar-refractivity contribution in [3.63, 3.8) is 0 Å². The highest BCUT2D eigenvalue weighted by molar-refractivity contribution is 5.70. The molecule has 0 aromatic carbocycles. The van der Waals surface area contributed by atoms with Gasteiger partial charge in [-0.15, -0.1) is 0 Å². The molecule has 2 rings (SSSR count). The van der Waals surface area contributed by atoms with Gasteiger partial charge in [0.15, 0.2) is 18.7 Å². The first-order chi connectivity index (χ1) is 28.0. The first-order valence-corrected chi connectivity index (χ1v) is 21.2. The molecular formula is C43H72O15. The van der Waals surface area contributed by atoms with E-state index in [0.29, 0.717) is 12.8 Å². The van der Waals surface area contributed by atoms with Gasteiger partial charge in [0, 0.05) is 12.8 Å². The van der Waals surface area contributed by atoms with Crippen molar-refractivity contribution in [2.24, 2.45) is 0 Å². The van der Waals surface area contributed by atoms with Crippen LogP contribution in [0, 0.1) is 0 Å². The minimum Gasteiger partial charge on any atom is -0.462 e. The van der Waals surface area contributed by atoms with Crippen LogP contribution in [-0.4, -0.2) is 142 Å². The van der Waals surface area contributed by atoms with Gasteiger partial charge in [-0.05, 0) is 51.4 Å². The minimum absolute atomic E-state index is 0.147. The van der Waals surface area contributed by atoms with E-state index in [-0.39, 0.29) is 19.4 Å². The van der Waals surface area contributed by atoms with Gasteiger partial charge >= 0.3 is 11.9 Å². The molecule has 7 N–H and O–H groups in total. The van der Waals surface area contributed by atoms with E-state index in [4.69, 9.17) is 28.4 Å². The van der Waals surface area contributed by atoms with Crippen LogP contribution in [0.25, 0.3) is 0 Å². The average Bonchev–Trinajstić information content (AvgIpc) is 3.21. The van der Waals surface area contributed by atoms with Crippen LogP contribution in [0.4, 0.5) is 0 Å². The van der Waals surface area contributed by atoms with Crippen LogP contribution in [0.3, 0.4) is 0 Å². The molecule has 2 aliphatic heterocycles. The maximum absolute atomic E-state index is 12.8. The number of esters is 2. The second-order valence-electron chi connectivity index (χ2n) is 14.8. The second-order valence-corrected chi connectivity index (χ2v) is 14.8. The number of carbonyl (C=O) groups is 2. The summed E-state index contributed by atoms with van der Waals surface area (Å²) in [6, 6.07) is 0. The van der Waals surface area contributed by atoms with E-state index >= 15 is 0 Å². The molecule has 11 unspecified atom stereocenters. The Morgan fingerprint density at radius 2 is 1.09 bits per heavy atom. The summed E-state index contributed by atoms with van der Waals surface area (Å²) < 4.78 is 33.1. The predicted molar refractivity (Wildman–Crippen MR) is 215 cm³/mol. The normalized spacial score (nSPS) is 28.6. The summed E-state index contributed by atoms with van der Waals surface area (Å²) in [4.78, 5) is 25.1. The Balaban J connectivity index is 1.77. The maximum atomic E-state index is 12.8. The molecule has 15 nitrogen and oxygen atoms in total. The number of ether oxygens (including phenoxy) is 6. The van der Waals surface area contributed by atoms with Crippen LogP contribution in [0.15, 0.2) is 48.6 Å². The zero-order valence-corrected chi connectivity index (χ0v) is 34.5. The highest BCUT2D eigenvalue weighted by Crippen LogP contribution is 2.26. The van der Waals surface area contributed by atoms with Crippen molar-refractivity contribution in [1.82, 2.24) is 0 Å². The Kier molecular flexibility index (Phi) is 27.9. The number of rotatable bonds is 30. The Morgan fingerprint density at radius 3 is 1.71 bits per heavy atom. The highest BCUT2D eigenvalue weighted by Gasteiger charge is 2.47. The predicted octanol–water partition coefficient (Wildman–Crippen LogP) is 3.59. The molecule has 0 bridgehead atoms. The van der Waals surface area contributed by atoms with Crippen molar-refractivity contribution in [2.75, 3.05) is 26.4 Å². The van der Waals surface area contributed by atoms with Crippen molar-refractivity contribution in [1.29, 1.82) is 0 Å². The number of hydrogen-bond acceptors (Lipinski definition) is 15. The van der Waals surface area contributed by atoms with Crippen molar-refractivity contribution >= 4 is 11.9 Å². The fraction of sp³-hybridized carbons (Fsp3) is 0.767. The summed E-state index contributed by atoms with van der Waals surface area (Å²) in [5.74, 6) is -0.976. The fourth-order valence-electron chi connectivity index (χ4n) is 6.26. The number of allylic oxidation sites excluding steroid dienone is 8. The van der Waals surface area contributed by atoms with Crippen LogP contribution in [0.2, 0.25) is 0 Å². The lowest BCUT2D eigenvalue weighted by Crippen LogP contribution is -2.61. The van der Waals surface area contributed by atoms with Gasteiger partial charge < -0.3 is 64.2 Å². The van der Waals surface area contributed by atoms with Gasteiger partial charge in [-0.25, -0.2) is 0 Å². The maximum Gasteiger partial charge on any atom is 0.306 e. The molecule has 334 valence electrons. The van der Waals surface area contributed by atoms with Gasteiger partial charge in [0.2, 0.25) is 0 Å². The molecule has 0 aromatic heterocycles. The Hall–Kier alpha value is -2.54. The highest BCUT2D eigenvalue weighted by atomic mass is 16.7. The monoisotopic (exact) mass is 828 g/mol. The molecule has 0 amide bonds. The van der Waals surface area contributed by atoms with Crippen molar-refractivity contribution in [3.05, 3.63) is 48.6 Å². The summed E-state index contributed by atoms with van der Waals surface area (Å²) in [6.45, 7) is 2.22. The van der Waals surface area contributed by atoms with E-state index in [9.17, 15) is 45.3 Å². The first-order valence-electron chi connectivity index (χ1n) is 21.2. The molecule has 2 aliphatic rings. The fourth-order valence-corrected chi connectivity index (χ4v) is 6.26. The average molecular weight is 829 g/mol. The van der Waals surface area contributed by atoms with Gasteiger partial charge in [0.05, 0.1) is 19.8 Å². The molecule has 2 heterocycles. The largest absolute Gasteiger partial charge is 0.462 e. The van der Waals surface area contributed by atoms with E-state index in [1.807, 2.05) is 6.92 Å². The third-order valence-corrected chi connectivity index (χ3v) is 9.82. The summed E-state index contributed by atoms with van der Waals surface area (Å²) >= 11 is 0. The molecule has 2 fully saturated rings. The number of hydrogen-bond donors (Lipinski definition) is 7. The lowest BCUT2D eigenvalue weighted by atomic mass is 9.98.